The molecule has 2 saturated heterocycles. The average Bonchev–Trinajstić information content (AvgIpc) is 2.63. The molecule has 2 aliphatic heterocycles. The van der Waals surface area contributed by atoms with Crippen molar-refractivity contribution in [2.45, 2.75) is 37.3 Å². The zero-order chi connectivity index (χ0) is 16.8. The van der Waals surface area contributed by atoms with Gasteiger partial charge in [0, 0.05) is 38.4 Å². The van der Waals surface area contributed by atoms with Gasteiger partial charge < -0.3 is 9.64 Å². The minimum absolute atomic E-state index is 0.133. The molecule has 1 aromatic heterocycles. The molecule has 0 aromatic carbocycles. The molecular weight excluding hydrogens is 322 g/mol. The Kier molecular flexibility index (Phi) is 6.51. The first-order valence-electron chi connectivity index (χ1n) is 8.98. The summed E-state index contributed by atoms with van der Waals surface area (Å²) < 4.78 is 5.43. The lowest BCUT2D eigenvalue weighted by Gasteiger charge is -2.39. The van der Waals surface area contributed by atoms with Crippen molar-refractivity contribution >= 4 is 17.7 Å². The molecule has 5 nitrogen and oxygen atoms in total. The molecule has 2 aliphatic rings. The van der Waals surface area contributed by atoms with E-state index in [0.717, 1.165) is 63.0 Å². The topological polar surface area (TPSA) is 45.7 Å². The first-order valence-corrected chi connectivity index (χ1v) is 9.96. The fourth-order valence-electron chi connectivity index (χ4n) is 3.45. The van der Waals surface area contributed by atoms with Crippen LogP contribution < -0.4 is 0 Å². The van der Waals surface area contributed by atoms with Crippen molar-refractivity contribution in [2.75, 3.05) is 45.1 Å². The Balaban J connectivity index is 1.65. The van der Waals surface area contributed by atoms with Crippen molar-refractivity contribution in [1.29, 1.82) is 0 Å². The van der Waals surface area contributed by atoms with Gasteiger partial charge in [-0.2, -0.15) is 0 Å². The average molecular weight is 350 g/mol. The van der Waals surface area contributed by atoms with Gasteiger partial charge in [-0.3, -0.25) is 9.69 Å². The van der Waals surface area contributed by atoms with Crippen molar-refractivity contribution in [2.24, 2.45) is 0 Å². The van der Waals surface area contributed by atoms with Crippen LogP contribution in [0, 0.1) is 0 Å². The normalized spacial score (nSPS) is 22.5. The molecule has 1 aromatic rings. The van der Waals surface area contributed by atoms with E-state index in [1.807, 2.05) is 12.1 Å². The maximum Gasteiger partial charge on any atom is 0.255 e. The smallest absolute Gasteiger partial charge is 0.255 e. The standard InChI is InChI=1S/C18H27N3O2S/c1-2-24-17-7-6-15(13-19-17)18(22)21-8-4-3-5-16(21)14-20-9-11-23-12-10-20/h6-7,13,16H,2-5,8-12,14H2,1H3/t16-/m1/s1. The Morgan fingerprint density at radius 2 is 2.12 bits per heavy atom. The molecule has 0 N–H and O–H groups in total. The third-order valence-electron chi connectivity index (χ3n) is 4.74. The predicted octanol–water partition coefficient (Wildman–Crippen LogP) is 2.52. The third kappa shape index (κ3) is 4.49. The maximum absolute atomic E-state index is 13.0. The number of carbonyl (C=O) groups is 1. The molecule has 3 heterocycles. The van der Waals surface area contributed by atoms with E-state index in [-0.39, 0.29) is 5.91 Å². The molecule has 24 heavy (non-hydrogen) atoms. The van der Waals surface area contributed by atoms with Crippen LogP contribution in [-0.2, 0) is 4.74 Å². The highest BCUT2D eigenvalue weighted by molar-refractivity contribution is 7.99. The largest absolute Gasteiger partial charge is 0.379 e. The van der Waals surface area contributed by atoms with Crippen LogP contribution in [0.25, 0.3) is 0 Å². The van der Waals surface area contributed by atoms with Crippen LogP contribution in [0.15, 0.2) is 23.4 Å². The summed E-state index contributed by atoms with van der Waals surface area (Å²) in [6.45, 7) is 7.50. The van der Waals surface area contributed by atoms with Gasteiger partial charge in [-0.25, -0.2) is 4.98 Å². The van der Waals surface area contributed by atoms with Gasteiger partial charge in [0.25, 0.3) is 5.91 Å². The van der Waals surface area contributed by atoms with Crippen molar-refractivity contribution in [3.8, 4) is 0 Å². The fourth-order valence-corrected chi connectivity index (χ4v) is 4.03. The summed E-state index contributed by atoms with van der Waals surface area (Å²) in [5.74, 6) is 1.13. The van der Waals surface area contributed by atoms with Gasteiger partial charge >= 0.3 is 0 Å². The molecule has 0 spiro atoms. The van der Waals surface area contributed by atoms with E-state index in [4.69, 9.17) is 4.74 Å². The molecular formula is C18H27N3O2S. The van der Waals surface area contributed by atoms with Gasteiger partial charge in [-0.05, 0) is 37.1 Å². The molecule has 0 unspecified atom stereocenters. The summed E-state index contributed by atoms with van der Waals surface area (Å²) in [5, 5.41) is 0.984. The summed E-state index contributed by atoms with van der Waals surface area (Å²) in [4.78, 5) is 21.9. The van der Waals surface area contributed by atoms with Crippen LogP contribution in [0.1, 0.15) is 36.5 Å². The Hall–Kier alpha value is -1.11. The second-order valence-electron chi connectivity index (χ2n) is 6.38. The van der Waals surface area contributed by atoms with Crippen molar-refractivity contribution in [1.82, 2.24) is 14.8 Å². The molecule has 1 amide bonds. The van der Waals surface area contributed by atoms with E-state index in [1.54, 1.807) is 18.0 Å². The fraction of sp³-hybridized carbons (Fsp3) is 0.667. The number of morpholine rings is 1. The molecule has 132 valence electrons. The van der Waals surface area contributed by atoms with Crippen LogP contribution in [0.2, 0.25) is 0 Å². The summed E-state index contributed by atoms with van der Waals surface area (Å²) in [7, 11) is 0. The number of amides is 1. The number of hydrogen-bond donors (Lipinski definition) is 0. The zero-order valence-corrected chi connectivity index (χ0v) is 15.3. The van der Waals surface area contributed by atoms with Gasteiger partial charge in [0.05, 0.1) is 23.8 Å². The second-order valence-corrected chi connectivity index (χ2v) is 7.66. The second kappa shape index (κ2) is 8.83. The lowest BCUT2D eigenvalue weighted by Crippen LogP contribution is -2.51. The van der Waals surface area contributed by atoms with E-state index in [2.05, 4.69) is 21.7 Å². The number of hydrogen-bond acceptors (Lipinski definition) is 5. The first-order chi connectivity index (χ1) is 11.8. The number of carbonyl (C=O) groups excluding carboxylic acids is 1. The van der Waals surface area contributed by atoms with Gasteiger partial charge in [0.15, 0.2) is 0 Å². The van der Waals surface area contributed by atoms with Crippen molar-refractivity contribution < 1.29 is 9.53 Å². The van der Waals surface area contributed by atoms with Gasteiger partial charge in [-0.1, -0.05) is 6.92 Å². The SMILES string of the molecule is CCSc1ccc(C(=O)N2CCCC[C@@H]2CN2CCOCC2)cn1. The minimum Gasteiger partial charge on any atom is -0.379 e. The highest BCUT2D eigenvalue weighted by atomic mass is 32.2. The Bertz CT molecular complexity index is 532. The molecule has 2 fully saturated rings. The number of likely N-dealkylation sites (tertiary alicyclic amines) is 1. The maximum atomic E-state index is 13.0. The van der Waals surface area contributed by atoms with Gasteiger partial charge in [-0.15, -0.1) is 11.8 Å². The van der Waals surface area contributed by atoms with Crippen molar-refractivity contribution in [3.63, 3.8) is 0 Å². The van der Waals surface area contributed by atoms with E-state index in [1.165, 1.54) is 6.42 Å². The summed E-state index contributed by atoms with van der Waals surface area (Å²) in [6.07, 6.45) is 5.15. The number of thioether (sulfide) groups is 1. The summed E-state index contributed by atoms with van der Waals surface area (Å²) in [5.41, 5.74) is 0.712. The van der Waals surface area contributed by atoms with E-state index in [9.17, 15) is 4.79 Å². The monoisotopic (exact) mass is 349 g/mol. The molecule has 3 rings (SSSR count). The lowest BCUT2D eigenvalue weighted by molar-refractivity contribution is 0.0166. The molecule has 0 aliphatic carbocycles. The molecule has 0 bridgehead atoms. The molecule has 1 atom stereocenters. The number of ether oxygens (including phenoxy) is 1. The molecule has 6 heteroatoms. The minimum atomic E-state index is 0.133. The van der Waals surface area contributed by atoms with Gasteiger partial charge in [0.2, 0.25) is 0 Å². The lowest BCUT2D eigenvalue weighted by atomic mass is 10.0. The van der Waals surface area contributed by atoms with Crippen LogP contribution >= 0.6 is 11.8 Å². The Morgan fingerprint density at radius 1 is 1.29 bits per heavy atom. The number of pyridine rings is 1. The summed E-state index contributed by atoms with van der Waals surface area (Å²) >= 11 is 1.70. The van der Waals surface area contributed by atoms with Crippen LogP contribution in [0.4, 0.5) is 0 Å². The molecule has 0 saturated carbocycles. The Morgan fingerprint density at radius 3 is 2.83 bits per heavy atom. The van der Waals surface area contributed by atoms with E-state index < -0.39 is 0 Å². The van der Waals surface area contributed by atoms with E-state index in [0.29, 0.717) is 11.6 Å². The van der Waals surface area contributed by atoms with E-state index >= 15 is 0 Å². The van der Waals surface area contributed by atoms with Crippen LogP contribution in [0.3, 0.4) is 0 Å². The number of rotatable bonds is 5. The predicted molar refractivity (Wildman–Crippen MR) is 96.6 cm³/mol. The third-order valence-corrected chi connectivity index (χ3v) is 5.56. The Labute approximate surface area is 148 Å². The number of aromatic nitrogens is 1. The number of piperidine rings is 1. The van der Waals surface area contributed by atoms with Crippen molar-refractivity contribution in [3.05, 3.63) is 23.9 Å². The van der Waals surface area contributed by atoms with Crippen LogP contribution in [-0.4, -0.2) is 71.9 Å². The number of nitrogens with zero attached hydrogens (tertiary/aromatic N) is 3. The zero-order valence-electron chi connectivity index (χ0n) is 14.4. The highest BCUT2D eigenvalue weighted by Gasteiger charge is 2.29. The quantitative estimate of drug-likeness (QED) is 0.765. The highest BCUT2D eigenvalue weighted by Crippen LogP contribution is 2.22. The van der Waals surface area contributed by atoms with Gasteiger partial charge in [0.1, 0.15) is 0 Å². The first kappa shape index (κ1) is 17.7. The summed E-state index contributed by atoms with van der Waals surface area (Å²) in [6, 6.07) is 4.20. The molecule has 0 radical (unpaired) electrons. The van der Waals surface area contributed by atoms with Crippen LogP contribution in [0.5, 0.6) is 0 Å².